The monoisotopic (exact) mass is 342 g/mol. The van der Waals surface area contributed by atoms with E-state index in [1.54, 1.807) is 7.11 Å². The molecule has 3 aromatic carbocycles. The van der Waals surface area contributed by atoms with Gasteiger partial charge in [0.15, 0.2) is 0 Å². The molecule has 120 valence electrons. The van der Waals surface area contributed by atoms with Gasteiger partial charge in [0.05, 0.1) is 0 Å². The van der Waals surface area contributed by atoms with Crippen molar-refractivity contribution in [1.29, 1.82) is 0 Å². The second-order valence-electron chi connectivity index (χ2n) is 5.44. The summed E-state index contributed by atoms with van der Waals surface area (Å²) < 4.78 is 5.73. The minimum atomic E-state index is -2.15. The van der Waals surface area contributed by atoms with Crippen LogP contribution in [0.3, 0.4) is 0 Å². The van der Waals surface area contributed by atoms with Crippen molar-refractivity contribution < 1.29 is 4.74 Å². The summed E-state index contributed by atoms with van der Waals surface area (Å²) in [5.41, 5.74) is 0. The van der Waals surface area contributed by atoms with Crippen LogP contribution >= 0.6 is 17.2 Å². The summed E-state index contributed by atoms with van der Waals surface area (Å²) in [5.74, 6) is 0. The summed E-state index contributed by atoms with van der Waals surface area (Å²) in [5, 5.41) is 4.15. The zero-order valence-corrected chi connectivity index (χ0v) is 15.9. The van der Waals surface area contributed by atoms with E-state index < -0.39 is 7.26 Å². The molecule has 0 saturated heterocycles. The van der Waals surface area contributed by atoms with E-state index in [1.807, 2.05) is 0 Å². The maximum absolute atomic E-state index is 5.73. The molecule has 3 rings (SSSR count). The Morgan fingerprint density at radius 1 is 0.609 bits per heavy atom. The molecule has 3 aromatic rings. The maximum atomic E-state index is 5.73. The summed E-state index contributed by atoms with van der Waals surface area (Å²) in [6.07, 6.45) is 0.741. The molecule has 1 unspecified atom stereocenters. The van der Waals surface area contributed by atoms with Gasteiger partial charge < -0.3 is 0 Å². The maximum Gasteiger partial charge on any atom is -0.153 e. The smallest absolute Gasteiger partial charge is 0.153 e. The van der Waals surface area contributed by atoms with Crippen LogP contribution in [0.25, 0.3) is 0 Å². The van der Waals surface area contributed by atoms with Crippen LogP contribution in [0.4, 0.5) is 0 Å². The minimum Gasteiger partial charge on any atom is -0.153 e. The Balaban J connectivity index is 0.00000192. The summed E-state index contributed by atoms with van der Waals surface area (Å²) in [6, 6.07) is 32.4. The number of ether oxygens (including phenoxy) is 1. The van der Waals surface area contributed by atoms with E-state index in [1.165, 1.54) is 15.9 Å². The van der Waals surface area contributed by atoms with Crippen molar-refractivity contribution in [3.8, 4) is 0 Å². The molecule has 0 N–H and O–H groups in total. The molecule has 1 atom stereocenters. The van der Waals surface area contributed by atoms with E-state index in [-0.39, 0.29) is 9.90 Å². The molecule has 1 nitrogen and oxygen atoms in total. The van der Waals surface area contributed by atoms with Crippen LogP contribution in [0.15, 0.2) is 91.0 Å². The second kappa shape index (κ2) is 8.37. The quantitative estimate of drug-likeness (QED) is 0.646. The Morgan fingerprint density at radius 2 is 0.913 bits per heavy atom. The van der Waals surface area contributed by atoms with Gasteiger partial charge in [0.2, 0.25) is 0 Å². The van der Waals surface area contributed by atoms with E-state index in [0.717, 1.165) is 6.35 Å². The third-order valence-corrected chi connectivity index (χ3v) is 8.84. The molecule has 0 aliphatic heterocycles. The van der Waals surface area contributed by atoms with Crippen LogP contribution in [-0.2, 0) is 4.74 Å². The van der Waals surface area contributed by atoms with Gasteiger partial charge in [-0.3, -0.25) is 0 Å². The molecule has 0 amide bonds. The molecule has 3 heteroatoms. The van der Waals surface area contributed by atoms with Gasteiger partial charge in [-0.1, -0.05) is 0 Å². The van der Waals surface area contributed by atoms with E-state index in [4.69, 9.17) is 4.74 Å². The van der Waals surface area contributed by atoms with Gasteiger partial charge >= 0.3 is 132 Å². The molecule has 0 bridgehead atoms. The number of hydrogen-bond donors (Lipinski definition) is 0. The molecule has 0 aromatic heterocycles. The van der Waals surface area contributed by atoms with Crippen LogP contribution in [0.1, 0.15) is 0 Å². The van der Waals surface area contributed by atoms with E-state index in [0.29, 0.717) is 0 Å². The summed E-state index contributed by atoms with van der Waals surface area (Å²) in [7, 11) is -0.344. The van der Waals surface area contributed by atoms with Gasteiger partial charge in [0.25, 0.3) is 0 Å². The van der Waals surface area contributed by atoms with Gasteiger partial charge in [-0.05, 0) is 0 Å². The molecule has 0 heterocycles. The van der Waals surface area contributed by atoms with Crippen LogP contribution in [0.5, 0.6) is 0 Å². The van der Waals surface area contributed by atoms with Crippen molar-refractivity contribution >= 4 is 33.1 Å². The largest absolute Gasteiger partial charge is 0.153 e. The van der Waals surface area contributed by atoms with E-state index in [9.17, 15) is 0 Å². The van der Waals surface area contributed by atoms with Crippen LogP contribution in [-0.4, -0.2) is 13.5 Å². The fraction of sp³-hybridized carbons (Fsp3) is 0.100. The normalized spacial score (nSPS) is 11.5. The molecule has 23 heavy (non-hydrogen) atoms. The van der Waals surface area contributed by atoms with Gasteiger partial charge in [-0.25, -0.2) is 0 Å². The Kier molecular flexibility index (Phi) is 6.48. The summed E-state index contributed by atoms with van der Waals surface area (Å²) >= 11 is 0. The van der Waals surface area contributed by atoms with Gasteiger partial charge in [0, 0.05) is 0 Å². The molecular weight excluding hydrogens is 318 g/mol. The first-order valence-electron chi connectivity index (χ1n) is 7.53. The molecule has 0 aliphatic rings. The topological polar surface area (TPSA) is 9.23 Å². The van der Waals surface area contributed by atoms with Crippen LogP contribution in [0, 0.1) is 0 Å². The zero-order chi connectivity index (χ0) is 15.3. The fourth-order valence-corrected chi connectivity index (χ4v) is 7.35. The Bertz CT molecular complexity index is 603. The number of rotatable bonds is 5. The molecule has 0 radical (unpaired) electrons. The molecule has 0 fully saturated rings. The predicted molar refractivity (Wildman–Crippen MR) is 110 cm³/mol. The predicted octanol–water partition coefficient (Wildman–Crippen LogP) is 3.37. The summed E-state index contributed by atoms with van der Waals surface area (Å²) in [6.45, 7) is 0. The standard InChI is InChI=1S/C20H21OP.H3P/c1-21-17-22(18-11-5-2-6-12-18,19-13-7-3-8-14-19)20-15-9-4-10-16-20;/h2-16,22H,17H2,1H3;1H3. The minimum absolute atomic E-state index is 0. The average Bonchev–Trinajstić information content (AvgIpc) is 2.62. The van der Waals surface area contributed by atoms with Crippen molar-refractivity contribution in [2.75, 3.05) is 13.5 Å². The van der Waals surface area contributed by atoms with Crippen LogP contribution < -0.4 is 15.9 Å². The number of benzene rings is 3. The van der Waals surface area contributed by atoms with E-state index >= 15 is 0 Å². The van der Waals surface area contributed by atoms with E-state index in [2.05, 4.69) is 91.0 Å². The third kappa shape index (κ3) is 3.54. The molecule has 0 aliphatic carbocycles. The Labute approximate surface area is 142 Å². The molecule has 0 spiro atoms. The van der Waals surface area contributed by atoms with Crippen molar-refractivity contribution in [3.63, 3.8) is 0 Å². The molecular formula is C20H24OP2. The fourth-order valence-electron chi connectivity index (χ4n) is 3.13. The van der Waals surface area contributed by atoms with Crippen molar-refractivity contribution in [2.45, 2.75) is 0 Å². The third-order valence-electron chi connectivity index (χ3n) is 4.16. The number of hydrogen-bond acceptors (Lipinski definition) is 1. The van der Waals surface area contributed by atoms with Crippen molar-refractivity contribution in [3.05, 3.63) is 91.0 Å². The van der Waals surface area contributed by atoms with Crippen molar-refractivity contribution in [2.24, 2.45) is 0 Å². The Hall–Kier alpha value is -1.52. The first-order valence-corrected chi connectivity index (χ1v) is 9.74. The van der Waals surface area contributed by atoms with Gasteiger partial charge in [-0.15, -0.1) is 0 Å². The first kappa shape index (κ1) is 17.8. The Morgan fingerprint density at radius 3 is 1.17 bits per heavy atom. The van der Waals surface area contributed by atoms with Crippen molar-refractivity contribution in [1.82, 2.24) is 0 Å². The summed E-state index contributed by atoms with van der Waals surface area (Å²) in [4.78, 5) is 0. The van der Waals surface area contributed by atoms with Gasteiger partial charge in [-0.2, -0.15) is 9.90 Å². The zero-order valence-electron chi connectivity index (χ0n) is 13.5. The van der Waals surface area contributed by atoms with Crippen LogP contribution in [0.2, 0.25) is 0 Å². The molecule has 0 saturated carbocycles. The number of methoxy groups -OCH3 is 1. The average molecular weight is 342 g/mol. The van der Waals surface area contributed by atoms with Gasteiger partial charge in [0.1, 0.15) is 0 Å². The second-order valence-corrected chi connectivity index (χ2v) is 9.27. The SMILES string of the molecule is COC[PH](c1ccccc1)(c1ccccc1)c1ccccc1.P. The first-order chi connectivity index (χ1) is 10.9.